The Bertz CT molecular complexity index is 356. The van der Waals surface area contributed by atoms with Gasteiger partial charge in [-0.05, 0) is 11.6 Å². The van der Waals surface area contributed by atoms with Crippen molar-refractivity contribution in [2.75, 3.05) is 0 Å². The summed E-state index contributed by atoms with van der Waals surface area (Å²) in [4.78, 5) is 11.5. The number of carbonyl (C=O) groups excluding carboxylic acids is 1. The topological polar surface area (TPSA) is 29.1 Å². The van der Waals surface area contributed by atoms with Crippen LogP contribution in [0.1, 0.15) is 18.5 Å². The molecule has 1 aromatic rings. The zero-order valence-electron chi connectivity index (χ0n) is 8.10. The molecule has 0 aliphatic carbocycles. The molecule has 14 heavy (non-hydrogen) atoms. The predicted molar refractivity (Wildman–Crippen MR) is 55.6 cm³/mol. The van der Waals surface area contributed by atoms with E-state index in [-0.39, 0.29) is 17.7 Å². The molecule has 0 bridgehead atoms. The molecule has 2 nitrogen and oxygen atoms in total. The molecule has 1 heterocycles. The van der Waals surface area contributed by atoms with Crippen LogP contribution in [0, 0.1) is 5.92 Å². The molecule has 2 rings (SSSR count). The number of carbonyl (C=O) groups is 1. The maximum atomic E-state index is 11.5. The van der Waals surface area contributed by atoms with Gasteiger partial charge in [0.2, 0.25) is 0 Å². The van der Waals surface area contributed by atoms with Crippen LogP contribution in [0.2, 0.25) is 0 Å². The third-order valence-electron chi connectivity index (χ3n) is 2.63. The summed E-state index contributed by atoms with van der Waals surface area (Å²) >= 11 is 0. The predicted octanol–water partition coefficient (Wildman–Crippen LogP) is 2.05. The van der Waals surface area contributed by atoms with Gasteiger partial charge < -0.3 is 5.32 Å². The highest BCUT2D eigenvalue weighted by molar-refractivity contribution is 5.92. The lowest BCUT2D eigenvalue weighted by molar-refractivity contribution is -0.119. The molecule has 1 aliphatic heterocycles. The van der Waals surface area contributed by atoms with E-state index in [1.165, 1.54) is 0 Å². The summed E-state index contributed by atoms with van der Waals surface area (Å²) in [5.41, 5.74) is 1.16. The SMILES string of the molecule is CC1C(=O)C=CNC1c1ccccc1. The normalized spacial score (nSPS) is 25.9. The summed E-state index contributed by atoms with van der Waals surface area (Å²) in [5.74, 6) is 0.208. The number of nitrogens with one attached hydrogen (secondary N) is 1. The quantitative estimate of drug-likeness (QED) is 0.729. The molecule has 1 aromatic carbocycles. The van der Waals surface area contributed by atoms with E-state index in [2.05, 4.69) is 5.32 Å². The molecular weight excluding hydrogens is 174 g/mol. The van der Waals surface area contributed by atoms with Crippen molar-refractivity contribution >= 4 is 5.78 Å². The maximum absolute atomic E-state index is 11.5. The van der Waals surface area contributed by atoms with Crippen LogP contribution in [0.15, 0.2) is 42.6 Å². The molecule has 1 N–H and O–H groups in total. The number of rotatable bonds is 1. The van der Waals surface area contributed by atoms with E-state index >= 15 is 0 Å². The van der Waals surface area contributed by atoms with Crippen LogP contribution in [-0.2, 0) is 4.79 Å². The monoisotopic (exact) mass is 187 g/mol. The second-order valence-electron chi connectivity index (χ2n) is 3.58. The van der Waals surface area contributed by atoms with Crippen molar-refractivity contribution in [3.8, 4) is 0 Å². The third-order valence-corrected chi connectivity index (χ3v) is 2.63. The maximum Gasteiger partial charge on any atom is 0.162 e. The first-order valence-electron chi connectivity index (χ1n) is 4.80. The smallest absolute Gasteiger partial charge is 0.162 e. The van der Waals surface area contributed by atoms with Crippen LogP contribution < -0.4 is 5.32 Å². The van der Waals surface area contributed by atoms with Crippen LogP contribution >= 0.6 is 0 Å². The van der Waals surface area contributed by atoms with Gasteiger partial charge in [0.15, 0.2) is 5.78 Å². The standard InChI is InChI=1S/C12H13NO/c1-9-11(14)7-8-13-12(9)10-5-3-2-4-6-10/h2-9,12-13H,1H3. The molecule has 0 radical (unpaired) electrons. The van der Waals surface area contributed by atoms with Gasteiger partial charge in [-0.25, -0.2) is 0 Å². The van der Waals surface area contributed by atoms with Crippen molar-refractivity contribution < 1.29 is 4.79 Å². The molecule has 0 spiro atoms. The summed E-state index contributed by atoms with van der Waals surface area (Å²) in [6.45, 7) is 1.95. The number of ketones is 1. The summed E-state index contributed by atoms with van der Waals surface area (Å²) in [5, 5.41) is 3.21. The highest BCUT2D eigenvalue weighted by Crippen LogP contribution is 2.25. The minimum absolute atomic E-state index is 0.0161. The van der Waals surface area contributed by atoms with Crippen molar-refractivity contribution in [1.82, 2.24) is 5.32 Å². The van der Waals surface area contributed by atoms with Crippen molar-refractivity contribution in [2.24, 2.45) is 5.92 Å². The van der Waals surface area contributed by atoms with Gasteiger partial charge in [0.1, 0.15) is 0 Å². The minimum Gasteiger partial charge on any atom is -0.383 e. The van der Waals surface area contributed by atoms with Gasteiger partial charge in [0.25, 0.3) is 0 Å². The van der Waals surface area contributed by atoms with Gasteiger partial charge >= 0.3 is 0 Å². The Labute approximate surface area is 83.6 Å². The Balaban J connectivity index is 2.28. The van der Waals surface area contributed by atoms with Crippen LogP contribution in [0.4, 0.5) is 0 Å². The van der Waals surface area contributed by atoms with Crippen LogP contribution in [0.5, 0.6) is 0 Å². The average molecular weight is 187 g/mol. The summed E-state index contributed by atoms with van der Waals surface area (Å²) in [6, 6.07) is 10.2. The summed E-state index contributed by atoms with van der Waals surface area (Å²) < 4.78 is 0. The largest absolute Gasteiger partial charge is 0.383 e. The van der Waals surface area contributed by atoms with E-state index in [1.54, 1.807) is 12.3 Å². The summed E-state index contributed by atoms with van der Waals surface area (Å²) in [7, 11) is 0. The van der Waals surface area contributed by atoms with Crippen LogP contribution in [0.25, 0.3) is 0 Å². The Kier molecular flexibility index (Phi) is 2.35. The summed E-state index contributed by atoms with van der Waals surface area (Å²) in [6.07, 6.45) is 3.34. The van der Waals surface area contributed by atoms with Gasteiger partial charge in [0.05, 0.1) is 6.04 Å². The number of benzene rings is 1. The lowest BCUT2D eigenvalue weighted by atomic mass is 9.89. The molecule has 0 fully saturated rings. The Morgan fingerprint density at radius 3 is 2.64 bits per heavy atom. The highest BCUT2D eigenvalue weighted by atomic mass is 16.1. The Morgan fingerprint density at radius 1 is 1.21 bits per heavy atom. The van der Waals surface area contributed by atoms with Crippen LogP contribution in [0.3, 0.4) is 0 Å². The fourth-order valence-electron chi connectivity index (χ4n) is 1.74. The zero-order valence-corrected chi connectivity index (χ0v) is 8.10. The lowest BCUT2D eigenvalue weighted by Crippen LogP contribution is -2.31. The number of allylic oxidation sites excluding steroid dienone is 1. The number of hydrogen-bond donors (Lipinski definition) is 1. The molecule has 0 saturated carbocycles. The van der Waals surface area contributed by atoms with Crippen molar-refractivity contribution in [2.45, 2.75) is 13.0 Å². The van der Waals surface area contributed by atoms with Gasteiger partial charge in [-0.15, -0.1) is 0 Å². The Hall–Kier alpha value is -1.57. The number of hydrogen-bond acceptors (Lipinski definition) is 2. The molecule has 2 heteroatoms. The van der Waals surface area contributed by atoms with E-state index in [0.717, 1.165) is 5.56 Å². The van der Waals surface area contributed by atoms with E-state index in [4.69, 9.17) is 0 Å². The van der Waals surface area contributed by atoms with Crippen molar-refractivity contribution in [3.05, 3.63) is 48.2 Å². The van der Waals surface area contributed by atoms with Crippen molar-refractivity contribution in [3.63, 3.8) is 0 Å². The Morgan fingerprint density at radius 2 is 1.93 bits per heavy atom. The first-order chi connectivity index (χ1) is 6.79. The molecule has 1 aliphatic rings. The van der Waals surface area contributed by atoms with E-state index in [1.807, 2.05) is 37.3 Å². The second-order valence-corrected chi connectivity index (χ2v) is 3.58. The third kappa shape index (κ3) is 1.55. The van der Waals surface area contributed by atoms with Gasteiger partial charge in [-0.2, -0.15) is 0 Å². The average Bonchev–Trinajstić information content (AvgIpc) is 2.23. The van der Waals surface area contributed by atoms with Crippen LogP contribution in [-0.4, -0.2) is 5.78 Å². The second kappa shape index (κ2) is 3.66. The molecule has 0 amide bonds. The fourth-order valence-corrected chi connectivity index (χ4v) is 1.74. The van der Waals surface area contributed by atoms with Gasteiger partial charge in [-0.1, -0.05) is 37.3 Å². The molecule has 72 valence electrons. The van der Waals surface area contributed by atoms with Gasteiger partial charge in [-0.3, -0.25) is 4.79 Å². The zero-order chi connectivity index (χ0) is 9.97. The molecular formula is C12H13NO. The molecule has 0 aromatic heterocycles. The fraction of sp³-hybridized carbons (Fsp3) is 0.250. The van der Waals surface area contributed by atoms with E-state index in [0.29, 0.717) is 0 Å². The molecule has 2 atom stereocenters. The van der Waals surface area contributed by atoms with E-state index in [9.17, 15) is 4.79 Å². The van der Waals surface area contributed by atoms with Crippen molar-refractivity contribution in [1.29, 1.82) is 0 Å². The molecule has 0 saturated heterocycles. The first-order valence-corrected chi connectivity index (χ1v) is 4.80. The molecule has 2 unspecified atom stereocenters. The minimum atomic E-state index is 0.0161. The highest BCUT2D eigenvalue weighted by Gasteiger charge is 2.25. The first kappa shape index (κ1) is 9.00. The van der Waals surface area contributed by atoms with E-state index < -0.39 is 0 Å². The van der Waals surface area contributed by atoms with Gasteiger partial charge in [0, 0.05) is 12.1 Å². The lowest BCUT2D eigenvalue weighted by Gasteiger charge is -2.26.